The molecule has 0 aliphatic carbocycles. The molecule has 10 heteroatoms. The van der Waals surface area contributed by atoms with E-state index in [4.69, 9.17) is 10.5 Å². The first-order chi connectivity index (χ1) is 13.9. The minimum absolute atomic E-state index is 0.0222. The molecule has 0 bridgehead atoms. The van der Waals surface area contributed by atoms with Crippen molar-refractivity contribution in [3.8, 4) is 5.88 Å². The summed E-state index contributed by atoms with van der Waals surface area (Å²) in [6, 6.07) is 4.52. The first-order valence-corrected chi connectivity index (χ1v) is 9.32. The Hall–Kier alpha value is -3.27. The van der Waals surface area contributed by atoms with E-state index in [1.807, 2.05) is 11.8 Å². The van der Waals surface area contributed by atoms with E-state index in [-0.39, 0.29) is 24.4 Å². The van der Waals surface area contributed by atoms with Gasteiger partial charge in [0, 0.05) is 18.2 Å². The van der Waals surface area contributed by atoms with Crippen molar-refractivity contribution in [2.45, 2.75) is 31.8 Å². The fourth-order valence-corrected chi connectivity index (χ4v) is 3.54. The lowest BCUT2D eigenvalue weighted by atomic mass is 10.1. The predicted octanol–water partition coefficient (Wildman–Crippen LogP) is 2.03. The van der Waals surface area contributed by atoms with Gasteiger partial charge in [0.1, 0.15) is 18.2 Å². The van der Waals surface area contributed by atoms with E-state index in [0.29, 0.717) is 29.5 Å². The second kappa shape index (κ2) is 7.63. The number of aromatic nitrogens is 4. The maximum Gasteiger partial charge on any atom is 0.356 e. The van der Waals surface area contributed by atoms with Crippen LogP contribution in [0.3, 0.4) is 0 Å². The number of fused-ring (bicyclic) bond motifs is 1. The number of nitrogens with zero attached hydrogens (tertiary/aromatic N) is 5. The highest BCUT2D eigenvalue weighted by Crippen LogP contribution is 2.38. The molecule has 0 radical (unpaired) electrons. The first-order valence-electron chi connectivity index (χ1n) is 9.32. The molecule has 1 aliphatic heterocycles. The zero-order valence-electron chi connectivity index (χ0n) is 15.8. The van der Waals surface area contributed by atoms with Crippen molar-refractivity contribution in [3.05, 3.63) is 47.7 Å². The van der Waals surface area contributed by atoms with Gasteiger partial charge in [-0.15, -0.1) is 5.10 Å². The van der Waals surface area contributed by atoms with Gasteiger partial charge in [-0.1, -0.05) is 0 Å². The molecule has 2 atom stereocenters. The Kier molecular flexibility index (Phi) is 5.01. The van der Waals surface area contributed by atoms with Crippen LogP contribution >= 0.6 is 0 Å². The Bertz CT molecular complexity index is 1050. The minimum Gasteiger partial charge on any atom is -0.476 e. The second-order valence-electron chi connectivity index (χ2n) is 7.10. The Morgan fingerprint density at radius 1 is 1.41 bits per heavy atom. The molecule has 9 nitrogen and oxygen atoms in total. The highest BCUT2D eigenvalue weighted by atomic mass is 19.1. The van der Waals surface area contributed by atoms with Gasteiger partial charge in [0.2, 0.25) is 5.88 Å². The van der Waals surface area contributed by atoms with E-state index in [9.17, 15) is 14.3 Å². The minimum atomic E-state index is -1.11. The van der Waals surface area contributed by atoms with Crippen molar-refractivity contribution in [1.82, 2.24) is 19.6 Å². The van der Waals surface area contributed by atoms with Gasteiger partial charge in [-0.05, 0) is 38.0 Å². The molecule has 152 valence electrons. The first kappa shape index (κ1) is 19.1. The standard InChI is InChI=1S/C19H21FN6O3/c1-11(21)10-29-18-13(7-12(20)8-23-18)14-3-2-6-25(14)17-5-4-16-22-9-15(19(27)28)26(16)24-17/h4-5,7-9,11,14H,2-3,6,10,21H2,1H3,(H,27,28)/t11-,14-/m1/s1. The van der Waals surface area contributed by atoms with Gasteiger partial charge in [0.05, 0.1) is 18.4 Å². The number of nitrogens with two attached hydrogens (primary N) is 1. The number of halogens is 1. The summed E-state index contributed by atoms with van der Waals surface area (Å²) in [6.07, 6.45) is 4.01. The molecule has 3 aromatic rings. The Labute approximate surface area is 165 Å². The van der Waals surface area contributed by atoms with Gasteiger partial charge in [-0.25, -0.2) is 23.7 Å². The fraction of sp³-hybridized carbons (Fsp3) is 0.368. The largest absolute Gasteiger partial charge is 0.476 e. The monoisotopic (exact) mass is 400 g/mol. The lowest BCUT2D eigenvalue weighted by molar-refractivity contribution is 0.0688. The summed E-state index contributed by atoms with van der Waals surface area (Å²) in [5.41, 5.74) is 6.81. The molecular weight excluding hydrogens is 379 g/mol. The van der Waals surface area contributed by atoms with Gasteiger partial charge < -0.3 is 20.5 Å². The average Bonchev–Trinajstić information content (AvgIpc) is 3.33. The molecule has 0 saturated carbocycles. The Morgan fingerprint density at radius 3 is 3.00 bits per heavy atom. The van der Waals surface area contributed by atoms with Crippen molar-refractivity contribution in [3.63, 3.8) is 0 Å². The van der Waals surface area contributed by atoms with Crippen LogP contribution in [0.2, 0.25) is 0 Å². The number of carboxylic acids is 1. The van der Waals surface area contributed by atoms with Gasteiger partial charge in [-0.2, -0.15) is 0 Å². The van der Waals surface area contributed by atoms with Crippen LogP contribution in [0.1, 0.15) is 41.9 Å². The number of imidazole rings is 1. The normalized spacial score (nSPS) is 17.6. The number of rotatable bonds is 6. The van der Waals surface area contributed by atoms with Crippen molar-refractivity contribution in [1.29, 1.82) is 0 Å². The topological polar surface area (TPSA) is 119 Å². The summed E-state index contributed by atoms with van der Waals surface area (Å²) in [7, 11) is 0. The number of carboxylic acid groups (broad SMARTS) is 1. The lowest BCUT2D eigenvalue weighted by Crippen LogP contribution is -2.27. The predicted molar refractivity (Wildman–Crippen MR) is 103 cm³/mol. The van der Waals surface area contributed by atoms with Crippen molar-refractivity contribution < 1.29 is 19.0 Å². The van der Waals surface area contributed by atoms with Crippen LogP contribution < -0.4 is 15.4 Å². The maximum atomic E-state index is 14.0. The number of pyridine rings is 1. The second-order valence-corrected chi connectivity index (χ2v) is 7.10. The Balaban J connectivity index is 1.71. The van der Waals surface area contributed by atoms with Crippen LogP contribution in [0, 0.1) is 5.82 Å². The van der Waals surface area contributed by atoms with Crippen molar-refractivity contribution >= 4 is 17.4 Å². The van der Waals surface area contributed by atoms with E-state index >= 15 is 0 Å². The van der Waals surface area contributed by atoms with Crippen LogP contribution in [-0.4, -0.2) is 49.9 Å². The van der Waals surface area contributed by atoms with Crippen LogP contribution in [0.4, 0.5) is 10.2 Å². The zero-order chi connectivity index (χ0) is 20.5. The third-order valence-corrected chi connectivity index (χ3v) is 4.80. The number of carbonyl (C=O) groups is 1. The molecular formula is C19H21FN6O3. The number of ether oxygens (including phenoxy) is 1. The molecule has 4 rings (SSSR count). The zero-order valence-corrected chi connectivity index (χ0v) is 15.8. The van der Waals surface area contributed by atoms with E-state index in [2.05, 4.69) is 15.1 Å². The average molecular weight is 400 g/mol. The quantitative estimate of drug-likeness (QED) is 0.645. The van der Waals surface area contributed by atoms with Gasteiger partial charge >= 0.3 is 5.97 Å². The molecule has 0 spiro atoms. The number of hydrogen-bond donors (Lipinski definition) is 2. The van der Waals surface area contributed by atoms with E-state index in [1.54, 1.807) is 12.1 Å². The van der Waals surface area contributed by atoms with E-state index in [1.165, 1.54) is 16.8 Å². The molecule has 4 heterocycles. The van der Waals surface area contributed by atoms with Crippen LogP contribution in [0.15, 0.2) is 30.6 Å². The van der Waals surface area contributed by atoms with E-state index in [0.717, 1.165) is 19.0 Å². The smallest absolute Gasteiger partial charge is 0.356 e. The van der Waals surface area contributed by atoms with Crippen LogP contribution in [0.25, 0.3) is 5.65 Å². The molecule has 1 fully saturated rings. The number of hydrogen-bond acceptors (Lipinski definition) is 7. The molecule has 1 saturated heterocycles. The van der Waals surface area contributed by atoms with Gasteiger partial charge in [0.25, 0.3) is 0 Å². The van der Waals surface area contributed by atoms with Crippen LogP contribution in [-0.2, 0) is 0 Å². The highest BCUT2D eigenvalue weighted by Gasteiger charge is 2.31. The molecule has 0 amide bonds. The SMILES string of the molecule is C[C@@H](N)COc1ncc(F)cc1[C@H]1CCCN1c1ccc2ncc(C(=O)O)n2n1. The summed E-state index contributed by atoms with van der Waals surface area (Å²) in [5, 5.41) is 13.8. The Morgan fingerprint density at radius 2 is 2.24 bits per heavy atom. The third-order valence-electron chi connectivity index (χ3n) is 4.80. The van der Waals surface area contributed by atoms with Gasteiger partial charge in [0.15, 0.2) is 11.3 Å². The molecule has 0 unspecified atom stereocenters. The molecule has 3 N–H and O–H groups in total. The lowest BCUT2D eigenvalue weighted by Gasteiger charge is -2.27. The molecule has 0 aromatic carbocycles. The van der Waals surface area contributed by atoms with Crippen LogP contribution in [0.5, 0.6) is 5.88 Å². The number of anilines is 1. The fourth-order valence-electron chi connectivity index (χ4n) is 3.54. The number of aromatic carboxylic acids is 1. The summed E-state index contributed by atoms with van der Waals surface area (Å²) < 4.78 is 21.0. The molecule has 29 heavy (non-hydrogen) atoms. The summed E-state index contributed by atoms with van der Waals surface area (Å²) >= 11 is 0. The molecule has 3 aromatic heterocycles. The summed E-state index contributed by atoms with van der Waals surface area (Å²) in [4.78, 5) is 21.6. The summed E-state index contributed by atoms with van der Waals surface area (Å²) in [5.74, 6) is -0.648. The molecule has 1 aliphatic rings. The van der Waals surface area contributed by atoms with Crippen molar-refractivity contribution in [2.75, 3.05) is 18.1 Å². The van der Waals surface area contributed by atoms with E-state index < -0.39 is 11.8 Å². The van der Waals surface area contributed by atoms with Crippen molar-refractivity contribution in [2.24, 2.45) is 5.73 Å². The van der Waals surface area contributed by atoms with Gasteiger partial charge in [-0.3, -0.25) is 0 Å². The maximum absolute atomic E-state index is 14.0. The highest BCUT2D eigenvalue weighted by molar-refractivity contribution is 5.86. The summed E-state index contributed by atoms with van der Waals surface area (Å²) in [6.45, 7) is 2.76. The third kappa shape index (κ3) is 3.70.